The van der Waals surface area contributed by atoms with Crippen molar-refractivity contribution in [2.45, 2.75) is 6.55 Å². The molecule has 0 unspecified atom stereocenters. The number of benzene rings is 1. The molecule has 2 rings (SSSR count). The molecule has 2 aromatic rings. The highest BCUT2D eigenvalue weighted by atomic mass is 32.1. The summed E-state index contributed by atoms with van der Waals surface area (Å²) in [7, 11) is 0. The molecule has 1 aromatic carbocycles. The molecule has 1 heterocycles. The van der Waals surface area contributed by atoms with E-state index in [0.717, 1.165) is 18.3 Å². The highest BCUT2D eigenvalue weighted by Crippen LogP contribution is 2.33. The molecule has 0 saturated heterocycles. The number of rotatable bonds is 5. The van der Waals surface area contributed by atoms with Crippen molar-refractivity contribution in [3.8, 4) is 10.6 Å². The Kier molecular flexibility index (Phi) is 5.70. The van der Waals surface area contributed by atoms with E-state index >= 15 is 0 Å². The van der Waals surface area contributed by atoms with Crippen molar-refractivity contribution in [3.05, 3.63) is 47.4 Å². The van der Waals surface area contributed by atoms with E-state index in [1.54, 1.807) is 0 Å². The van der Waals surface area contributed by atoms with Crippen LogP contribution in [0.25, 0.3) is 10.6 Å². The molecule has 132 valence electrons. The van der Waals surface area contributed by atoms with Crippen molar-refractivity contribution in [2.24, 2.45) is 10.7 Å². The van der Waals surface area contributed by atoms with Crippen molar-refractivity contribution in [2.75, 3.05) is 5.73 Å². The number of halogens is 4. The zero-order valence-corrected chi connectivity index (χ0v) is 13.2. The third-order valence-corrected chi connectivity index (χ3v) is 3.71. The Balaban J connectivity index is 2.29. The van der Waals surface area contributed by atoms with Crippen LogP contribution >= 0.6 is 11.3 Å². The van der Waals surface area contributed by atoms with E-state index in [4.69, 9.17) is 11.5 Å². The number of thiazole rings is 1. The van der Waals surface area contributed by atoms with E-state index < -0.39 is 29.7 Å². The number of carbonyl (C=O) groups is 1. The summed E-state index contributed by atoms with van der Waals surface area (Å²) in [5.74, 6) is -2.63. The molecule has 5 N–H and O–H groups in total. The predicted octanol–water partition coefficient (Wildman–Crippen LogP) is 2.49. The molecule has 0 aliphatic carbocycles. The molecule has 6 nitrogen and oxygen atoms in total. The minimum Gasteiger partial charge on any atom is -0.403 e. The number of aromatic nitrogens is 1. The van der Waals surface area contributed by atoms with Crippen LogP contribution in [0.2, 0.25) is 0 Å². The van der Waals surface area contributed by atoms with E-state index in [1.807, 2.05) is 0 Å². The first-order valence-corrected chi connectivity index (χ1v) is 7.40. The lowest BCUT2D eigenvalue weighted by molar-refractivity contribution is 0.0964. The molecule has 0 fully saturated rings. The van der Waals surface area contributed by atoms with Crippen molar-refractivity contribution in [3.63, 3.8) is 0 Å². The maximum atomic E-state index is 13.8. The molecule has 0 aliphatic rings. The third kappa shape index (κ3) is 4.32. The topological polar surface area (TPSA) is 106 Å². The number of hydrogen-bond acceptors (Lipinski definition) is 6. The summed E-state index contributed by atoms with van der Waals surface area (Å²) in [6.07, 6.45) is 1.49. The highest BCUT2D eigenvalue weighted by molar-refractivity contribution is 7.19. The van der Waals surface area contributed by atoms with Crippen LogP contribution in [0.15, 0.2) is 35.1 Å². The van der Waals surface area contributed by atoms with E-state index in [9.17, 15) is 22.4 Å². The number of alkyl halides is 2. The normalized spacial score (nSPS) is 12.1. The Morgan fingerprint density at radius 2 is 1.96 bits per heavy atom. The first-order valence-electron chi connectivity index (χ1n) is 6.58. The number of carbonyl (C=O) groups excluding carboxylic acids is 1. The summed E-state index contributed by atoms with van der Waals surface area (Å²) in [6.45, 7) is -2.98. The monoisotopic (exact) mass is 373 g/mol. The molecule has 0 bridgehead atoms. The van der Waals surface area contributed by atoms with Gasteiger partial charge in [0.2, 0.25) is 0 Å². The standard InChI is InChI=1S/C14H11F4N5OS/c15-7-2-1-3-8(16)9(7)13-23-10(11(20)25-13)12(24)22-6(4-19)5-21-14(17)18/h1-5,14H,19-20H2,(H,22,24). The van der Waals surface area contributed by atoms with E-state index in [2.05, 4.69) is 15.3 Å². The third-order valence-electron chi connectivity index (χ3n) is 2.81. The van der Waals surface area contributed by atoms with Gasteiger partial charge in [-0.2, -0.15) is 8.78 Å². The quantitative estimate of drug-likeness (QED) is 0.425. The number of nitrogens with two attached hydrogens (primary N) is 2. The zero-order chi connectivity index (χ0) is 18.6. The van der Waals surface area contributed by atoms with E-state index in [-0.39, 0.29) is 21.4 Å². The summed E-state index contributed by atoms with van der Waals surface area (Å²) >= 11 is 0.699. The lowest BCUT2D eigenvalue weighted by atomic mass is 10.2. The van der Waals surface area contributed by atoms with Crippen LogP contribution in [0.3, 0.4) is 0 Å². The van der Waals surface area contributed by atoms with Crippen LogP contribution in [0, 0.1) is 11.6 Å². The van der Waals surface area contributed by atoms with Crippen LogP contribution in [-0.4, -0.2) is 23.7 Å². The average molecular weight is 373 g/mol. The second-order valence-corrected chi connectivity index (χ2v) is 5.49. The molecule has 0 aliphatic heterocycles. The minimum absolute atomic E-state index is 0.114. The van der Waals surface area contributed by atoms with E-state index in [0.29, 0.717) is 17.6 Å². The second-order valence-electron chi connectivity index (χ2n) is 4.46. The number of anilines is 1. The molecular formula is C14H11F4N5OS. The molecule has 0 spiro atoms. The van der Waals surface area contributed by atoms with Gasteiger partial charge in [0.1, 0.15) is 21.6 Å². The number of aliphatic imine (C=N–C) groups is 1. The SMILES string of the molecule is NC=C(C=NC(F)F)NC(=O)c1nc(-c2c(F)cccc2F)sc1N. The van der Waals surface area contributed by atoms with Gasteiger partial charge in [-0.1, -0.05) is 17.4 Å². The number of allylic oxidation sites excluding steroid dienone is 1. The Hall–Kier alpha value is -2.95. The fourth-order valence-electron chi connectivity index (χ4n) is 1.75. The zero-order valence-electron chi connectivity index (χ0n) is 12.3. The molecule has 1 aromatic heterocycles. The van der Waals surface area contributed by atoms with Crippen molar-refractivity contribution in [1.29, 1.82) is 0 Å². The van der Waals surface area contributed by atoms with Gasteiger partial charge in [0, 0.05) is 6.20 Å². The molecule has 0 radical (unpaired) electrons. The Morgan fingerprint density at radius 3 is 2.52 bits per heavy atom. The molecule has 0 saturated carbocycles. The summed E-state index contributed by atoms with van der Waals surface area (Å²) in [5.41, 5.74) is 9.89. The van der Waals surface area contributed by atoms with Crippen molar-refractivity contribution in [1.82, 2.24) is 10.3 Å². The number of nitrogens with one attached hydrogen (secondary N) is 1. The lowest BCUT2D eigenvalue weighted by Gasteiger charge is -2.03. The maximum absolute atomic E-state index is 13.8. The molecule has 1 amide bonds. The predicted molar refractivity (Wildman–Crippen MR) is 86.1 cm³/mol. The minimum atomic E-state index is -2.98. The maximum Gasteiger partial charge on any atom is 0.331 e. The Labute approximate surface area is 142 Å². The van der Waals surface area contributed by atoms with Gasteiger partial charge < -0.3 is 16.8 Å². The number of nitrogens with zero attached hydrogens (tertiary/aromatic N) is 2. The Bertz CT molecular complexity index is 829. The van der Waals surface area contributed by atoms with Gasteiger partial charge in [0.05, 0.1) is 17.5 Å². The van der Waals surface area contributed by atoms with Gasteiger partial charge in [-0.15, -0.1) is 0 Å². The van der Waals surface area contributed by atoms with Gasteiger partial charge in [0.15, 0.2) is 5.69 Å². The average Bonchev–Trinajstić information content (AvgIpc) is 2.92. The molecular weight excluding hydrogens is 362 g/mol. The van der Waals surface area contributed by atoms with Gasteiger partial charge in [0.25, 0.3) is 5.91 Å². The van der Waals surface area contributed by atoms with Crippen LogP contribution in [0.1, 0.15) is 10.5 Å². The van der Waals surface area contributed by atoms with Gasteiger partial charge in [-0.05, 0) is 12.1 Å². The molecule has 0 atom stereocenters. The van der Waals surface area contributed by atoms with Gasteiger partial charge in [-0.3, -0.25) is 4.79 Å². The van der Waals surface area contributed by atoms with Crippen molar-refractivity contribution >= 4 is 28.5 Å². The highest BCUT2D eigenvalue weighted by Gasteiger charge is 2.21. The summed E-state index contributed by atoms with van der Waals surface area (Å²) in [4.78, 5) is 18.7. The lowest BCUT2D eigenvalue weighted by Crippen LogP contribution is -2.25. The summed E-state index contributed by atoms with van der Waals surface area (Å²) in [6, 6.07) is 3.25. The van der Waals surface area contributed by atoms with E-state index in [1.165, 1.54) is 6.07 Å². The van der Waals surface area contributed by atoms with Crippen LogP contribution < -0.4 is 16.8 Å². The van der Waals surface area contributed by atoms with Gasteiger partial charge >= 0.3 is 6.55 Å². The number of nitrogen functional groups attached to an aromatic ring is 1. The Morgan fingerprint density at radius 1 is 1.32 bits per heavy atom. The van der Waals surface area contributed by atoms with Gasteiger partial charge in [-0.25, -0.2) is 18.8 Å². The fourth-order valence-corrected chi connectivity index (χ4v) is 2.62. The summed E-state index contributed by atoms with van der Waals surface area (Å²) < 4.78 is 51.7. The van der Waals surface area contributed by atoms with Crippen molar-refractivity contribution < 1.29 is 22.4 Å². The number of hydrogen-bond donors (Lipinski definition) is 3. The number of amides is 1. The van der Waals surface area contributed by atoms with Crippen LogP contribution in [-0.2, 0) is 0 Å². The second kappa shape index (κ2) is 7.75. The fraction of sp³-hybridized carbons (Fsp3) is 0.0714. The molecule has 25 heavy (non-hydrogen) atoms. The smallest absolute Gasteiger partial charge is 0.331 e. The summed E-state index contributed by atoms with van der Waals surface area (Å²) in [5, 5.41) is 1.91. The van der Waals surface area contributed by atoms with Crippen LogP contribution in [0.4, 0.5) is 22.6 Å². The first kappa shape index (κ1) is 18.4. The largest absolute Gasteiger partial charge is 0.403 e. The first-order chi connectivity index (χ1) is 11.8. The van der Waals surface area contributed by atoms with Crippen LogP contribution in [0.5, 0.6) is 0 Å². The molecule has 11 heteroatoms.